The van der Waals surface area contributed by atoms with Crippen molar-refractivity contribution >= 4 is 25.7 Å². The van der Waals surface area contributed by atoms with Gasteiger partial charge in [-0.3, -0.25) is 23.4 Å². The monoisotopic (exact) mass is 969 g/mol. The van der Waals surface area contributed by atoms with Gasteiger partial charge in [-0.2, -0.15) is 0 Å². The van der Waals surface area contributed by atoms with Crippen molar-refractivity contribution < 1.29 is 52.2 Å². The second kappa shape index (κ2) is 49.3. The fraction of sp³-hybridized carbons (Fsp3) is 0.589. The van der Waals surface area contributed by atoms with Gasteiger partial charge >= 0.3 is 25.7 Å². The maximum atomic E-state index is 12.8. The molecule has 3 unspecified atom stereocenters. The van der Waals surface area contributed by atoms with Crippen LogP contribution in [0.15, 0.2) is 122 Å². The SMILES string of the molecule is CC/C=C\C/C=C\C/C=C\C/C=C\CCCCC(=O)OC(COC(=O)CCCCCCC/C=C\C/C=C\CCC)COP(=O)(O)OCC(CO)OC(=O)CC/C=C\C/C=C\C/C=C\C/C=C\CC. The molecule has 0 amide bonds. The molecule has 0 spiro atoms. The zero-order valence-corrected chi connectivity index (χ0v) is 42.9. The van der Waals surface area contributed by atoms with Crippen molar-refractivity contribution in [1.29, 1.82) is 0 Å². The standard InChI is InChI=1S/C56H89O11P/c1-4-7-10-13-16-19-22-25-26-29-32-35-38-41-44-47-56(60)67-53(49-63-54(58)45-42-39-36-33-30-27-23-20-17-14-11-8-5-2)51-65-68(61,62)64-50-52(48-57)66-55(59)46-43-40-37-34-31-28-24-21-18-15-12-9-6-3/h7,9-12,14,16,18-21,23,25-26,28,31-32,35,37,40,52-53,57H,4-6,8,13,15,17,22,24,27,29-30,33-34,36,38-39,41-51H2,1-3H3,(H,61,62)/b10-7-,12-9-,14-11-,19-16-,21-18-,23-20-,26-25-,31-28-,35-32-,40-37-. The molecule has 0 heterocycles. The molecule has 0 aromatic carbocycles. The van der Waals surface area contributed by atoms with E-state index >= 15 is 0 Å². The second-order valence-electron chi connectivity index (χ2n) is 16.2. The molecule has 0 aromatic heterocycles. The van der Waals surface area contributed by atoms with E-state index < -0.39 is 57.8 Å². The zero-order chi connectivity index (χ0) is 49.9. The molecular weight excluding hydrogens is 880 g/mol. The molecule has 2 N–H and O–H groups in total. The van der Waals surface area contributed by atoms with Gasteiger partial charge < -0.3 is 24.2 Å². The molecule has 0 rings (SSSR count). The van der Waals surface area contributed by atoms with Crippen LogP contribution < -0.4 is 0 Å². The smallest absolute Gasteiger partial charge is 0.462 e. The summed E-state index contributed by atoms with van der Waals surface area (Å²) in [6.45, 7) is 4.15. The Morgan fingerprint density at radius 1 is 0.426 bits per heavy atom. The first-order valence-electron chi connectivity index (χ1n) is 25.4. The molecular formula is C56H89O11P. The Hall–Kier alpha value is -4.12. The molecule has 12 heteroatoms. The topological polar surface area (TPSA) is 155 Å². The van der Waals surface area contributed by atoms with Gasteiger partial charge in [0.1, 0.15) is 12.7 Å². The van der Waals surface area contributed by atoms with E-state index in [2.05, 4.69) is 124 Å². The van der Waals surface area contributed by atoms with Crippen molar-refractivity contribution in [2.75, 3.05) is 26.4 Å². The number of ether oxygens (including phenoxy) is 3. The Balaban J connectivity index is 4.92. The molecule has 0 aliphatic heterocycles. The number of allylic oxidation sites excluding steroid dienone is 20. The summed E-state index contributed by atoms with van der Waals surface area (Å²) in [7, 11) is -4.78. The number of carbonyl (C=O) groups is 3. The lowest BCUT2D eigenvalue weighted by Crippen LogP contribution is -2.30. The van der Waals surface area contributed by atoms with Crippen molar-refractivity contribution in [3.63, 3.8) is 0 Å². The third-order valence-electron chi connectivity index (χ3n) is 9.84. The molecule has 0 aliphatic carbocycles. The zero-order valence-electron chi connectivity index (χ0n) is 42.0. The van der Waals surface area contributed by atoms with Crippen molar-refractivity contribution in [3.8, 4) is 0 Å². The van der Waals surface area contributed by atoms with Crippen LogP contribution in [0.3, 0.4) is 0 Å². The lowest BCUT2D eigenvalue weighted by atomic mass is 10.1. The fourth-order valence-electron chi connectivity index (χ4n) is 6.04. The summed E-state index contributed by atoms with van der Waals surface area (Å²) in [4.78, 5) is 48.2. The molecule has 0 radical (unpaired) electrons. The molecule has 0 bridgehead atoms. The summed E-state index contributed by atoms with van der Waals surface area (Å²) in [5.41, 5.74) is 0. The van der Waals surface area contributed by atoms with Crippen LogP contribution in [0.4, 0.5) is 0 Å². The number of phosphoric ester groups is 1. The Morgan fingerprint density at radius 3 is 1.29 bits per heavy atom. The first-order chi connectivity index (χ1) is 33.2. The number of carbonyl (C=O) groups excluding carboxylic acids is 3. The Morgan fingerprint density at radius 2 is 0.794 bits per heavy atom. The predicted octanol–water partition coefficient (Wildman–Crippen LogP) is 14.5. The highest BCUT2D eigenvalue weighted by atomic mass is 31.2. The largest absolute Gasteiger partial charge is 0.472 e. The molecule has 0 aliphatic rings. The van der Waals surface area contributed by atoms with E-state index in [1.165, 1.54) is 0 Å². The van der Waals surface area contributed by atoms with E-state index in [0.29, 0.717) is 19.3 Å². The average molecular weight is 969 g/mol. The third-order valence-corrected chi connectivity index (χ3v) is 10.8. The molecule has 3 atom stereocenters. The van der Waals surface area contributed by atoms with Crippen LogP contribution in [-0.4, -0.2) is 66.5 Å². The van der Waals surface area contributed by atoms with Gasteiger partial charge in [0.15, 0.2) is 6.10 Å². The summed E-state index contributed by atoms with van der Waals surface area (Å²) in [5, 5.41) is 9.75. The number of aliphatic hydroxyl groups is 1. The van der Waals surface area contributed by atoms with Crippen molar-refractivity contribution in [2.45, 2.75) is 187 Å². The summed E-state index contributed by atoms with van der Waals surface area (Å²) in [5.74, 6) is -1.64. The van der Waals surface area contributed by atoms with Gasteiger partial charge in [0.25, 0.3) is 0 Å². The van der Waals surface area contributed by atoms with Crippen molar-refractivity contribution in [3.05, 3.63) is 122 Å². The highest BCUT2D eigenvalue weighted by Crippen LogP contribution is 2.43. The van der Waals surface area contributed by atoms with Crippen LogP contribution in [0.25, 0.3) is 0 Å². The Kier molecular flexibility index (Phi) is 46.3. The van der Waals surface area contributed by atoms with Gasteiger partial charge in [0.05, 0.1) is 19.8 Å². The highest BCUT2D eigenvalue weighted by Gasteiger charge is 2.28. The molecule has 68 heavy (non-hydrogen) atoms. The highest BCUT2D eigenvalue weighted by molar-refractivity contribution is 7.47. The van der Waals surface area contributed by atoms with Gasteiger partial charge in [0.2, 0.25) is 0 Å². The van der Waals surface area contributed by atoms with Gasteiger partial charge in [-0.15, -0.1) is 0 Å². The Labute approximate surface area is 411 Å². The maximum Gasteiger partial charge on any atom is 0.472 e. The van der Waals surface area contributed by atoms with E-state index in [-0.39, 0.29) is 25.9 Å². The minimum Gasteiger partial charge on any atom is -0.462 e. The number of unbranched alkanes of at least 4 members (excludes halogenated alkanes) is 8. The molecule has 11 nitrogen and oxygen atoms in total. The number of hydrogen-bond donors (Lipinski definition) is 2. The quantitative estimate of drug-likeness (QED) is 0.0197. The number of esters is 3. The summed E-state index contributed by atoms with van der Waals surface area (Å²) < 4.78 is 39.2. The van der Waals surface area contributed by atoms with Crippen LogP contribution >= 0.6 is 7.82 Å². The second-order valence-corrected chi connectivity index (χ2v) is 17.7. The summed E-state index contributed by atoms with van der Waals surface area (Å²) >= 11 is 0. The van der Waals surface area contributed by atoms with E-state index in [0.717, 1.165) is 116 Å². The molecule has 0 saturated heterocycles. The van der Waals surface area contributed by atoms with Gasteiger partial charge in [-0.1, -0.05) is 168 Å². The van der Waals surface area contributed by atoms with Crippen molar-refractivity contribution in [2.24, 2.45) is 0 Å². The van der Waals surface area contributed by atoms with Crippen molar-refractivity contribution in [1.82, 2.24) is 0 Å². The third kappa shape index (κ3) is 47.0. The van der Waals surface area contributed by atoms with Gasteiger partial charge in [-0.05, 0) is 109 Å². The molecule has 0 saturated carbocycles. The average Bonchev–Trinajstić information content (AvgIpc) is 3.32. The van der Waals surface area contributed by atoms with E-state index in [1.807, 2.05) is 18.2 Å². The lowest BCUT2D eigenvalue weighted by Gasteiger charge is -2.21. The van der Waals surface area contributed by atoms with Crippen LogP contribution in [0.2, 0.25) is 0 Å². The molecule has 0 aromatic rings. The first kappa shape index (κ1) is 63.9. The summed E-state index contributed by atoms with van der Waals surface area (Å²) in [6, 6.07) is 0. The van der Waals surface area contributed by atoms with Crippen LogP contribution in [-0.2, 0) is 42.2 Å². The number of hydrogen-bond acceptors (Lipinski definition) is 10. The number of aliphatic hydroxyl groups excluding tert-OH is 1. The normalized spacial score (nSPS) is 14.5. The van der Waals surface area contributed by atoms with Gasteiger partial charge in [0, 0.05) is 19.3 Å². The minimum absolute atomic E-state index is 0.0453. The Bertz CT molecular complexity index is 1600. The molecule has 384 valence electrons. The van der Waals surface area contributed by atoms with E-state index in [9.17, 15) is 28.9 Å². The van der Waals surface area contributed by atoms with E-state index in [1.54, 1.807) is 0 Å². The molecule has 0 fully saturated rings. The van der Waals surface area contributed by atoms with Crippen LogP contribution in [0, 0.1) is 0 Å². The number of phosphoric acid groups is 1. The van der Waals surface area contributed by atoms with Crippen LogP contribution in [0.1, 0.15) is 175 Å². The fourth-order valence-corrected chi connectivity index (χ4v) is 6.83. The van der Waals surface area contributed by atoms with Crippen LogP contribution in [0.5, 0.6) is 0 Å². The first-order valence-corrected chi connectivity index (χ1v) is 26.9. The van der Waals surface area contributed by atoms with E-state index in [4.69, 9.17) is 23.3 Å². The number of rotatable bonds is 45. The lowest BCUT2D eigenvalue weighted by molar-refractivity contribution is -0.161. The summed E-state index contributed by atoms with van der Waals surface area (Å²) in [6.07, 6.45) is 59.1. The van der Waals surface area contributed by atoms with Gasteiger partial charge in [-0.25, -0.2) is 4.57 Å². The predicted molar refractivity (Wildman–Crippen MR) is 279 cm³/mol. The maximum absolute atomic E-state index is 12.8. The minimum atomic E-state index is -4.78.